The molecule has 0 amide bonds. The quantitative estimate of drug-likeness (QED) is 0.582. The number of nitro benzene ring substituents is 1. The van der Waals surface area contributed by atoms with Crippen molar-refractivity contribution >= 4 is 16.7 Å². The molecule has 0 saturated carbocycles. The van der Waals surface area contributed by atoms with E-state index in [1.54, 1.807) is 30.3 Å². The Kier molecular flexibility index (Phi) is 3.13. The fraction of sp³-hybridized carbons (Fsp3) is 0. The molecule has 2 aromatic carbocycles. The van der Waals surface area contributed by atoms with Gasteiger partial charge in [0.15, 0.2) is 11.3 Å². The maximum atomic E-state index is 13.7. The number of hydrogen-bond acceptors (Lipinski definition) is 4. The minimum Gasteiger partial charge on any atom is -0.318 e. The van der Waals surface area contributed by atoms with E-state index in [0.29, 0.717) is 11.6 Å². The summed E-state index contributed by atoms with van der Waals surface area (Å²) in [4.78, 5) is 28.1. The van der Waals surface area contributed by atoms with Gasteiger partial charge in [0.05, 0.1) is 10.4 Å². The first-order valence-corrected chi connectivity index (χ1v) is 6.11. The molecule has 1 heterocycles. The van der Waals surface area contributed by atoms with Gasteiger partial charge in [0.1, 0.15) is 5.69 Å². The summed E-state index contributed by atoms with van der Waals surface area (Å²) in [6.07, 6.45) is 0. The topological polar surface area (TPSA) is 88.9 Å². The van der Waals surface area contributed by atoms with E-state index in [-0.39, 0.29) is 11.2 Å². The lowest BCUT2D eigenvalue weighted by Crippen LogP contribution is -2.13. The first kappa shape index (κ1) is 13.8. The zero-order valence-electron chi connectivity index (χ0n) is 10.8. The molecule has 8 heteroatoms. The Bertz CT molecular complexity index is 955. The van der Waals surface area contributed by atoms with Crippen molar-refractivity contribution in [1.29, 1.82) is 0 Å². The lowest BCUT2D eigenvalue weighted by atomic mass is 10.1. The zero-order chi connectivity index (χ0) is 15.9. The van der Waals surface area contributed by atoms with Crippen LogP contribution in [0.15, 0.2) is 41.2 Å². The van der Waals surface area contributed by atoms with E-state index in [1.807, 2.05) is 0 Å². The second-order valence-electron chi connectivity index (χ2n) is 4.45. The molecule has 0 bridgehead atoms. The van der Waals surface area contributed by atoms with Gasteiger partial charge in [-0.2, -0.15) is 4.39 Å². The van der Waals surface area contributed by atoms with Crippen molar-refractivity contribution in [2.45, 2.75) is 0 Å². The molecule has 1 N–H and O–H groups in total. The maximum Gasteiger partial charge on any atom is 0.335 e. The van der Waals surface area contributed by atoms with Crippen molar-refractivity contribution in [3.63, 3.8) is 0 Å². The van der Waals surface area contributed by atoms with Crippen molar-refractivity contribution in [2.24, 2.45) is 0 Å². The highest BCUT2D eigenvalue weighted by molar-refractivity contribution is 5.86. The van der Waals surface area contributed by atoms with Crippen LogP contribution >= 0.6 is 0 Å². The average molecular weight is 303 g/mol. The number of aromatic amines is 1. The van der Waals surface area contributed by atoms with Crippen LogP contribution in [0.3, 0.4) is 0 Å². The third-order valence-electron chi connectivity index (χ3n) is 3.08. The Morgan fingerprint density at radius 1 is 1.18 bits per heavy atom. The SMILES string of the molecule is O=c1[nH]c2cc(F)c(F)c([N+](=O)[O-])c2nc1-c1ccccc1. The molecule has 0 fully saturated rings. The van der Waals surface area contributed by atoms with E-state index in [9.17, 15) is 23.7 Å². The number of nitrogens with one attached hydrogen (secondary N) is 1. The number of halogens is 2. The van der Waals surface area contributed by atoms with Gasteiger partial charge in [-0.05, 0) is 0 Å². The van der Waals surface area contributed by atoms with E-state index < -0.39 is 33.3 Å². The van der Waals surface area contributed by atoms with Crippen molar-refractivity contribution < 1.29 is 13.7 Å². The Hall–Kier alpha value is -3.16. The van der Waals surface area contributed by atoms with Gasteiger partial charge < -0.3 is 4.98 Å². The Morgan fingerprint density at radius 3 is 2.50 bits per heavy atom. The van der Waals surface area contributed by atoms with E-state index >= 15 is 0 Å². The summed E-state index contributed by atoms with van der Waals surface area (Å²) in [6, 6.07) is 8.85. The van der Waals surface area contributed by atoms with Crippen molar-refractivity contribution in [3.8, 4) is 11.3 Å². The average Bonchev–Trinajstić information content (AvgIpc) is 2.49. The second kappa shape index (κ2) is 4.99. The third-order valence-corrected chi connectivity index (χ3v) is 3.08. The summed E-state index contributed by atoms with van der Waals surface area (Å²) in [6.45, 7) is 0. The Morgan fingerprint density at radius 2 is 1.86 bits per heavy atom. The molecule has 0 aliphatic carbocycles. The summed E-state index contributed by atoms with van der Waals surface area (Å²) in [5, 5.41) is 11.0. The highest BCUT2D eigenvalue weighted by Crippen LogP contribution is 2.28. The number of nitrogens with zero attached hydrogens (tertiary/aromatic N) is 2. The number of H-pyrrole nitrogens is 1. The largest absolute Gasteiger partial charge is 0.335 e. The third kappa shape index (κ3) is 2.10. The molecule has 22 heavy (non-hydrogen) atoms. The van der Waals surface area contributed by atoms with Crippen LogP contribution in [0.4, 0.5) is 14.5 Å². The highest BCUT2D eigenvalue weighted by Gasteiger charge is 2.26. The van der Waals surface area contributed by atoms with Gasteiger partial charge in [-0.1, -0.05) is 30.3 Å². The molecule has 0 radical (unpaired) electrons. The molecule has 0 saturated heterocycles. The number of rotatable bonds is 2. The number of fused-ring (bicyclic) bond motifs is 1. The predicted octanol–water partition coefficient (Wildman–Crippen LogP) is 2.78. The first-order valence-electron chi connectivity index (χ1n) is 6.11. The molecule has 3 rings (SSSR count). The molecular formula is C14H7F2N3O3. The van der Waals surface area contributed by atoms with Crippen molar-refractivity contribution in [2.75, 3.05) is 0 Å². The second-order valence-corrected chi connectivity index (χ2v) is 4.45. The van der Waals surface area contributed by atoms with E-state index in [2.05, 4.69) is 9.97 Å². The van der Waals surface area contributed by atoms with E-state index in [1.165, 1.54) is 0 Å². The summed E-state index contributed by atoms with van der Waals surface area (Å²) in [5.74, 6) is -3.04. The smallest absolute Gasteiger partial charge is 0.318 e. The maximum absolute atomic E-state index is 13.7. The standard InChI is InChI=1S/C14H7F2N3O3/c15-8-6-9-12(13(10(8)16)19(21)22)18-11(14(20)17-9)7-4-2-1-3-5-7/h1-6H,(H,17,20). The Labute approximate surface area is 121 Å². The normalized spacial score (nSPS) is 10.8. The lowest BCUT2D eigenvalue weighted by Gasteiger charge is -2.04. The van der Waals surface area contributed by atoms with Crippen LogP contribution in [0, 0.1) is 21.7 Å². The molecule has 1 aromatic heterocycles. The van der Waals surface area contributed by atoms with E-state index in [4.69, 9.17) is 0 Å². The van der Waals surface area contributed by atoms with Crippen molar-refractivity contribution in [1.82, 2.24) is 9.97 Å². The molecule has 0 atom stereocenters. The summed E-state index contributed by atoms with van der Waals surface area (Å²) < 4.78 is 27.1. The molecular weight excluding hydrogens is 296 g/mol. The van der Waals surface area contributed by atoms with Crippen LogP contribution in [0.5, 0.6) is 0 Å². The monoisotopic (exact) mass is 303 g/mol. The molecule has 0 unspecified atom stereocenters. The van der Waals surface area contributed by atoms with Gasteiger partial charge in [-0.25, -0.2) is 9.37 Å². The summed E-state index contributed by atoms with van der Waals surface area (Å²) >= 11 is 0. The number of nitro groups is 1. The fourth-order valence-electron chi connectivity index (χ4n) is 2.11. The van der Waals surface area contributed by atoms with Gasteiger partial charge in [0, 0.05) is 11.6 Å². The predicted molar refractivity (Wildman–Crippen MR) is 74.4 cm³/mol. The summed E-state index contributed by atoms with van der Waals surface area (Å²) in [7, 11) is 0. The number of hydrogen-bond donors (Lipinski definition) is 1. The van der Waals surface area contributed by atoms with Crippen LogP contribution in [0.1, 0.15) is 0 Å². The lowest BCUT2D eigenvalue weighted by molar-refractivity contribution is -0.386. The molecule has 6 nitrogen and oxygen atoms in total. The van der Waals surface area contributed by atoms with Gasteiger partial charge in [0.25, 0.3) is 5.56 Å². The number of aromatic nitrogens is 2. The van der Waals surface area contributed by atoms with Crippen LogP contribution < -0.4 is 5.56 Å². The van der Waals surface area contributed by atoms with Gasteiger partial charge >= 0.3 is 5.69 Å². The molecule has 110 valence electrons. The van der Waals surface area contributed by atoms with E-state index in [0.717, 1.165) is 0 Å². The van der Waals surface area contributed by atoms with Crippen LogP contribution in [-0.4, -0.2) is 14.9 Å². The zero-order valence-corrected chi connectivity index (χ0v) is 10.8. The fourth-order valence-corrected chi connectivity index (χ4v) is 2.11. The minimum absolute atomic E-state index is 0.109. The van der Waals surface area contributed by atoms with Gasteiger partial charge in [-0.15, -0.1) is 0 Å². The number of benzene rings is 2. The van der Waals surface area contributed by atoms with Crippen LogP contribution in [-0.2, 0) is 0 Å². The van der Waals surface area contributed by atoms with Gasteiger partial charge in [0.2, 0.25) is 5.82 Å². The molecule has 0 aliphatic rings. The van der Waals surface area contributed by atoms with Crippen molar-refractivity contribution in [3.05, 3.63) is 68.5 Å². The summed E-state index contributed by atoms with van der Waals surface area (Å²) in [5.41, 5.74) is -2.12. The van der Waals surface area contributed by atoms with Crippen LogP contribution in [0.25, 0.3) is 22.3 Å². The first-order chi connectivity index (χ1) is 10.5. The molecule has 0 aliphatic heterocycles. The minimum atomic E-state index is -1.61. The Balaban J connectivity index is 2.42. The van der Waals surface area contributed by atoms with Crippen LogP contribution in [0.2, 0.25) is 0 Å². The highest BCUT2D eigenvalue weighted by atomic mass is 19.2. The molecule has 3 aromatic rings. The molecule has 0 spiro atoms. The van der Waals surface area contributed by atoms with Gasteiger partial charge in [-0.3, -0.25) is 14.9 Å².